The molecule has 0 saturated heterocycles. The maximum atomic E-state index is 12.5. The van der Waals surface area contributed by atoms with E-state index in [1.807, 2.05) is 19.9 Å². The number of esters is 1. The van der Waals surface area contributed by atoms with Crippen LogP contribution in [0.3, 0.4) is 0 Å². The number of carbonyl (C=O) groups excluding carboxylic acids is 2. The molecule has 0 radical (unpaired) electrons. The largest absolute Gasteiger partial charge is 0.490 e. The number of carbonyl (C=O) groups is 2. The number of hydrogen-bond acceptors (Lipinski definition) is 5. The minimum absolute atomic E-state index is 0.183. The zero-order valence-electron chi connectivity index (χ0n) is 17.4. The smallest absolute Gasteiger partial charge is 0.345 e. The molecule has 3 aromatic rings. The van der Waals surface area contributed by atoms with E-state index in [2.05, 4.69) is 10.5 Å². The maximum Gasteiger partial charge on any atom is 0.345 e. The van der Waals surface area contributed by atoms with Crippen LogP contribution < -0.4 is 14.9 Å². The number of amides is 1. The van der Waals surface area contributed by atoms with Crippen molar-refractivity contribution in [2.75, 3.05) is 6.61 Å². The number of nitrogens with one attached hydrogen (secondary N) is 1. The Balaban J connectivity index is 1.73. The number of ether oxygens (including phenoxy) is 2. The number of benzene rings is 3. The lowest BCUT2D eigenvalue weighted by atomic mass is 10.1. The van der Waals surface area contributed by atoms with E-state index in [1.165, 1.54) is 18.3 Å². The van der Waals surface area contributed by atoms with E-state index in [-0.39, 0.29) is 22.2 Å². The highest BCUT2D eigenvalue weighted by Gasteiger charge is 2.16. The second kappa shape index (κ2) is 10.8. The van der Waals surface area contributed by atoms with Gasteiger partial charge in [-0.05, 0) is 67.9 Å². The highest BCUT2D eigenvalue weighted by atomic mass is 35.5. The Kier molecular flexibility index (Phi) is 7.87. The first-order valence-electron chi connectivity index (χ1n) is 9.71. The number of hydrazone groups is 1. The van der Waals surface area contributed by atoms with Crippen molar-refractivity contribution in [2.45, 2.75) is 13.8 Å². The first-order chi connectivity index (χ1) is 15.4. The molecule has 6 nitrogen and oxygen atoms in total. The van der Waals surface area contributed by atoms with Gasteiger partial charge in [0.25, 0.3) is 5.91 Å². The van der Waals surface area contributed by atoms with Gasteiger partial charge in [-0.3, -0.25) is 4.79 Å². The molecular formula is C24H20Cl2N2O4. The van der Waals surface area contributed by atoms with Gasteiger partial charge in [0, 0.05) is 10.6 Å². The summed E-state index contributed by atoms with van der Waals surface area (Å²) in [7, 11) is 0. The molecule has 0 bridgehead atoms. The van der Waals surface area contributed by atoms with Crippen LogP contribution in [0.5, 0.6) is 11.5 Å². The zero-order valence-corrected chi connectivity index (χ0v) is 18.9. The van der Waals surface area contributed by atoms with Crippen LogP contribution in [0.15, 0.2) is 65.8 Å². The summed E-state index contributed by atoms with van der Waals surface area (Å²) < 4.78 is 11.1. The molecule has 3 aromatic carbocycles. The lowest BCUT2D eigenvalue weighted by Crippen LogP contribution is -2.17. The third-order valence-electron chi connectivity index (χ3n) is 4.28. The summed E-state index contributed by atoms with van der Waals surface area (Å²) in [5, 5.41) is 4.59. The van der Waals surface area contributed by atoms with Gasteiger partial charge in [-0.1, -0.05) is 40.9 Å². The van der Waals surface area contributed by atoms with Crippen LogP contribution in [0.1, 0.15) is 38.8 Å². The Morgan fingerprint density at radius 1 is 1.03 bits per heavy atom. The van der Waals surface area contributed by atoms with E-state index >= 15 is 0 Å². The van der Waals surface area contributed by atoms with E-state index < -0.39 is 5.97 Å². The second-order valence-corrected chi connectivity index (χ2v) is 7.57. The summed E-state index contributed by atoms with van der Waals surface area (Å²) in [4.78, 5) is 24.7. The van der Waals surface area contributed by atoms with Crippen molar-refractivity contribution < 1.29 is 19.1 Å². The molecule has 3 rings (SSSR count). The van der Waals surface area contributed by atoms with Gasteiger partial charge in [-0.15, -0.1) is 0 Å². The quantitative estimate of drug-likeness (QED) is 0.208. The van der Waals surface area contributed by atoms with Crippen LogP contribution in [0, 0.1) is 6.92 Å². The number of nitrogens with zero attached hydrogens (tertiary/aromatic N) is 1. The van der Waals surface area contributed by atoms with Gasteiger partial charge in [-0.25, -0.2) is 10.2 Å². The molecule has 0 aromatic heterocycles. The lowest BCUT2D eigenvalue weighted by Gasteiger charge is -2.12. The van der Waals surface area contributed by atoms with Crippen molar-refractivity contribution in [3.63, 3.8) is 0 Å². The number of rotatable bonds is 7. The SMILES string of the molecule is CCOc1cc(C=NNC(=O)c2cccc(C)c2)ccc1OC(=O)c1ccc(Cl)cc1Cl. The van der Waals surface area contributed by atoms with E-state index in [0.717, 1.165) is 5.56 Å². The molecule has 164 valence electrons. The monoisotopic (exact) mass is 470 g/mol. The van der Waals surface area contributed by atoms with E-state index in [4.69, 9.17) is 32.7 Å². The van der Waals surface area contributed by atoms with Crippen LogP contribution in [-0.4, -0.2) is 24.7 Å². The Bertz CT molecular complexity index is 1180. The van der Waals surface area contributed by atoms with Gasteiger partial charge in [0.1, 0.15) is 0 Å². The topological polar surface area (TPSA) is 77.0 Å². The Labute approximate surface area is 195 Å². The Hall–Kier alpha value is -3.35. The van der Waals surface area contributed by atoms with Gasteiger partial charge in [0.2, 0.25) is 0 Å². The van der Waals surface area contributed by atoms with E-state index in [9.17, 15) is 9.59 Å². The Morgan fingerprint density at radius 3 is 2.56 bits per heavy atom. The number of halogens is 2. The third-order valence-corrected chi connectivity index (χ3v) is 4.83. The van der Waals surface area contributed by atoms with Crippen LogP contribution >= 0.6 is 23.2 Å². The van der Waals surface area contributed by atoms with E-state index in [1.54, 1.807) is 42.5 Å². The summed E-state index contributed by atoms with van der Waals surface area (Å²) in [5.74, 6) is -0.386. The van der Waals surface area contributed by atoms with Crippen LogP contribution in [0.2, 0.25) is 10.0 Å². The Morgan fingerprint density at radius 2 is 1.84 bits per heavy atom. The molecular weight excluding hydrogens is 451 g/mol. The number of aryl methyl sites for hydroxylation is 1. The molecule has 0 spiro atoms. The molecule has 0 aliphatic carbocycles. The molecule has 32 heavy (non-hydrogen) atoms. The average Bonchev–Trinajstić information content (AvgIpc) is 2.75. The molecule has 0 heterocycles. The summed E-state index contributed by atoms with van der Waals surface area (Å²) in [6.07, 6.45) is 1.47. The summed E-state index contributed by atoms with van der Waals surface area (Å²) in [6, 6.07) is 16.6. The van der Waals surface area contributed by atoms with Crippen LogP contribution in [-0.2, 0) is 0 Å². The summed E-state index contributed by atoms with van der Waals surface area (Å²) in [5.41, 5.74) is 4.80. The van der Waals surface area contributed by atoms with Gasteiger partial charge >= 0.3 is 5.97 Å². The molecule has 0 saturated carbocycles. The lowest BCUT2D eigenvalue weighted by molar-refractivity contribution is 0.0728. The molecule has 0 atom stereocenters. The third kappa shape index (κ3) is 6.09. The molecule has 0 unspecified atom stereocenters. The molecule has 0 aliphatic rings. The van der Waals surface area contributed by atoms with Crippen molar-refractivity contribution >= 4 is 41.3 Å². The van der Waals surface area contributed by atoms with Gasteiger partial charge < -0.3 is 9.47 Å². The van der Waals surface area contributed by atoms with Gasteiger partial charge in [0.05, 0.1) is 23.4 Å². The van der Waals surface area contributed by atoms with Gasteiger partial charge in [-0.2, -0.15) is 5.10 Å². The molecule has 8 heteroatoms. The second-order valence-electron chi connectivity index (χ2n) is 6.72. The van der Waals surface area contributed by atoms with Crippen molar-refractivity contribution in [3.05, 3.63) is 93.0 Å². The van der Waals surface area contributed by atoms with Crippen molar-refractivity contribution in [1.82, 2.24) is 5.43 Å². The van der Waals surface area contributed by atoms with E-state index in [0.29, 0.717) is 28.5 Å². The fourth-order valence-corrected chi connectivity index (χ4v) is 3.27. The predicted octanol–water partition coefficient (Wildman–Crippen LogP) is 5.68. The fourth-order valence-electron chi connectivity index (χ4n) is 2.78. The highest BCUT2D eigenvalue weighted by molar-refractivity contribution is 6.36. The normalized spacial score (nSPS) is 10.8. The first kappa shape index (κ1) is 23.3. The molecule has 1 amide bonds. The van der Waals surface area contributed by atoms with Crippen LogP contribution in [0.4, 0.5) is 0 Å². The molecule has 0 fully saturated rings. The van der Waals surface area contributed by atoms with Crippen molar-refractivity contribution in [2.24, 2.45) is 5.10 Å². The standard InChI is InChI=1S/C24H20Cl2N2O4/c1-3-31-22-12-16(14-27-28-23(29)17-6-4-5-15(2)11-17)7-10-21(22)32-24(30)19-9-8-18(25)13-20(19)26/h4-14H,3H2,1-2H3,(H,28,29). The summed E-state index contributed by atoms with van der Waals surface area (Å²) >= 11 is 12.0. The number of hydrogen-bond donors (Lipinski definition) is 1. The average molecular weight is 471 g/mol. The zero-order chi connectivity index (χ0) is 23.1. The minimum atomic E-state index is -0.639. The fraction of sp³-hybridized carbons (Fsp3) is 0.125. The minimum Gasteiger partial charge on any atom is -0.490 e. The summed E-state index contributed by atoms with van der Waals surface area (Å²) in [6.45, 7) is 4.08. The molecule has 0 aliphatic heterocycles. The molecule has 1 N–H and O–H groups in total. The van der Waals surface area contributed by atoms with Crippen LogP contribution in [0.25, 0.3) is 0 Å². The van der Waals surface area contributed by atoms with Crippen molar-refractivity contribution in [1.29, 1.82) is 0 Å². The van der Waals surface area contributed by atoms with Crippen molar-refractivity contribution in [3.8, 4) is 11.5 Å². The highest BCUT2D eigenvalue weighted by Crippen LogP contribution is 2.30. The maximum absolute atomic E-state index is 12.5. The predicted molar refractivity (Wildman–Crippen MR) is 125 cm³/mol. The van der Waals surface area contributed by atoms with Gasteiger partial charge in [0.15, 0.2) is 11.5 Å². The first-order valence-corrected chi connectivity index (χ1v) is 10.5.